The lowest BCUT2D eigenvalue weighted by atomic mass is 9.83. The third kappa shape index (κ3) is 3.90. The van der Waals surface area contributed by atoms with Crippen LogP contribution in [0.25, 0.3) is 11.0 Å². The molecule has 1 aliphatic heterocycles. The number of aromatic nitrogens is 2. The number of carbonyl (C=O) groups excluding carboxylic acids is 1. The zero-order valence-corrected chi connectivity index (χ0v) is 17.3. The number of fused-ring (bicyclic) bond motifs is 1. The van der Waals surface area contributed by atoms with Crippen molar-refractivity contribution in [3.63, 3.8) is 0 Å². The normalized spacial score (nSPS) is 17.3. The molecule has 2 aromatic carbocycles. The standard InChI is InChI=1S/C21H24N4O3S/c1-21(2)8-10-25(11-9-21)29(27,28)16-12-17(19-18(13-16)22-14-23-19)20(26)24-15-6-4-3-5-7-15/h3-7,12-14H,8-11H2,1-2H3,(H,22,23)(H,24,26). The average molecular weight is 413 g/mol. The maximum absolute atomic E-state index is 13.3. The Hall–Kier alpha value is -2.71. The van der Waals surface area contributed by atoms with E-state index in [1.54, 1.807) is 18.2 Å². The highest BCUT2D eigenvalue weighted by atomic mass is 32.2. The van der Waals surface area contributed by atoms with E-state index in [4.69, 9.17) is 0 Å². The number of H-pyrrole nitrogens is 1. The van der Waals surface area contributed by atoms with Crippen molar-refractivity contribution in [1.82, 2.24) is 14.3 Å². The fraction of sp³-hybridized carbons (Fsp3) is 0.333. The molecular weight excluding hydrogens is 388 g/mol. The quantitative estimate of drug-likeness (QED) is 0.684. The molecule has 1 fully saturated rings. The SMILES string of the molecule is CC1(C)CCN(S(=O)(=O)c2cc(C(=O)Nc3ccccc3)c3nc[nH]c3c2)CC1. The van der Waals surface area contributed by atoms with Crippen LogP contribution in [0.1, 0.15) is 37.0 Å². The van der Waals surface area contributed by atoms with E-state index in [0.717, 1.165) is 12.8 Å². The lowest BCUT2D eigenvalue weighted by Gasteiger charge is -2.36. The molecule has 1 aliphatic rings. The summed E-state index contributed by atoms with van der Waals surface area (Å²) in [7, 11) is -3.70. The number of sulfonamides is 1. The summed E-state index contributed by atoms with van der Waals surface area (Å²) in [6.45, 7) is 5.25. The van der Waals surface area contributed by atoms with Gasteiger partial charge in [0.25, 0.3) is 5.91 Å². The van der Waals surface area contributed by atoms with Gasteiger partial charge in [-0.05, 0) is 42.5 Å². The van der Waals surface area contributed by atoms with E-state index in [-0.39, 0.29) is 15.9 Å². The number of aromatic amines is 1. The summed E-state index contributed by atoms with van der Waals surface area (Å²) in [5.74, 6) is -0.398. The molecule has 8 heteroatoms. The molecule has 4 rings (SSSR count). The van der Waals surface area contributed by atoms with Crippen LogP contribution in [-0.4, -0.2) is 41.7 Å². The summed E-state index contributed by atoms with van der Waals surface area (Å²) >= 11 is 0. The molecule has 0 unspecified atom stereocenters. The molecule has 3 aromatic rings. The predicted molar refractivity (Wildman–Crippen MR) is 112 cm³/mol. The maximum atomic E-state index is 13.3. The second-order valence-corrected chi connectivity index (χ2v) is 10.1. The number of imidazole rings is 1. The molecule has 0 atom stereocenters. The van der Waals surface area contributed by atoms with E-state index < -0.39 is 15.9 Å². The van der Waals surface area contributed by atoms with Crippen LogP contribution in [0.3, 0.4) is 0 Å². The van der Waals surface area contributed by atoms with Crippen LogP contribution in [0.5, 0.6) is 0 Å². The van der Waals surface area contributed by atoms with E-state index in [1.165, 1.54) is 16.7 Å². The van der Waals surface area contributed by atoms with Crippen molar-refractivity contribution in [3.8, 4) is 0 Å². The van der Waals surface area contributed by atoms with Crippen molar-refractivity contribution >= 4 is 32.7 Å². The van der Waals surface area contributed by atoms with Crippen molar-refractivity contribution in [2.75, 3.05) is 18.4 Å². The minimum atomic E-state index is -3.70. The maximum Gasteiger partial charge on any atom is 0.257 e. The number of rotatable bonds is 4. The third-order valence-electron chi connectivity index (χ3n) is 5.49. The first-order chi connectivity index (χ1) is 13.8. The van der Waals surface area contributed by atoms with Crippen LogP contribution in [0.15, 0.2) is 53.7 Å². The third-order valence-corrected chi connectivity index (χ3v) is 7.36. The number of amides is 1. The van der Waals surface area contributed by atoms with Gasteiger partial charge in [-0.1, -0.05) is 32.0 Å². The van der Waals surface area contributed by atoms with Gasteiger partial charge < -0.3 is 10.3 Å². The van der Waals surface area contributed by atoms with Gasteiger partial charge in [-0.3, -0.25) is 4.79 Å². The Bertz CT molecular complexity index is 1140. The number of piperidine rings is 1. The first kappa shape index (κ1) is 19.6. The Kier molecular flexibility index (Phi) is 4.92. The van der Waals surface area contributed by atoms with Gasteiger partial charge in [0.2, 0.25) is 10.0 Å². The zero-order valence-electron chi connectivity index (χ0n) is 16.5. The Morgan fingerprint density at radius 1 is 1.14 bits per heavy atom. The highest BCUT2D eigenvalue weighted by molar-refractivity contribution is 7.89. The second-order valence-electron chi connectivity index (χ2n) is 8.16. The van der Waals surface area contributed by atoms with Gasteiger partial charge in [0, 0.05) is 18.8 Å². The first-order valence-corrected chi connectivity index (χ1v) is 11.0. The number of para-hydroxylation sites is 1. The van der Waals surface area contributed by atoms with Crippen LogP contribution in [0, 0.1) is 5.41 Å². The minimum absolute atomic E-state index is 0.104. The lowest BCUT2D eigenvalue weighted by Crippen LogP contribution is -2.41. The zero-order chi connectivity index (χ0) is 20.6. The molecule has 1 amide bonds. The number of nitrogens with one attached hydrogen (secondary N) is 2. The summed E-state index contributed by atoms with van der Waals surface area (Å²) < 4.78 is 28.0. The summed E-state index contributed by atoms with van der Waals surface area (Å²) in [5, 5.41) is 2.81. The number of nitrogens with zero attached hydrogens (tertiary/aromatic N) is 2. The van der Waals surface area contributed by atoms with Gasteiger partial charge in [-0.2, -0.15) is 4.31 Å². The molecule has 152 valence electrons. The molecule has 29 heavy (non-hydrogen) atoms. The molecule has 2 heterocycles. The average Bonchev–Trinajstić information content (AvgIpc) is 3.16. The van der Waals surface area contributed by atoms with Crippen molar-refractivity contribution in [2.45, 2.75) is 31.6 Å². The monoisotopic (exact) mass is 412 g/mol. The van der Waals surface area contributed by atoms with Gasteiger partial charge in [-0.15, -0.1) is 0 Å². The summed E-state index contributed by atoms with van der Waals surface area (Å²) in [6.07, 6.45) is 3.07. The van der Waals surface area contributed by atoms with Crippen molar-refractivity contribution in [1.29, 1.82) is 0 Å². The van der Waals surface area contributed by atoms with E-state index >= 15 is 0 Å². The Morgan fingerprint density at radius 3 is 2.52 bits per heavy atom. The molecule has 0 aliphatic carbocycles. The fourth-order valence-electron chi connectivity index (χ4n) is 3.55. The van der Waals surface area contributed by atoms with E-state index in [0.29, 0.717) is 29.8 Å². The molecule has 0 spiro atoms. The number of carbonyl (C=O) groups is 1. The molecule has 0 saturated carbocycles. The van der Waals surface area contributed by atoms with E-state index in [2.05, 4.69) is 29.1 Å². The first-order valence-electron chi connectivity index (χ1n) is 9.60. The number of hydrogen-bond acceptors (Lipinski definition) is 4. The molecule has 1 aromatic heterocycles. The summed E-state index contributed by atoms with van der Waals surface area (Å²) in [5.41, 5.74) is 1.95. The number of benzene rings is 2. The highest BCUT2D eigenvalue weighted by Crippen LogP contribution is 2.33. The van der Waals surface area contributed by atoms with Gasteiger partial charge in [-0.25, -0.2) is 13.4 Å². The van der Waals surface area contributed by atoms with Gasteiger partial charge in [0.05, 0.1) is 22.3 Å². The second kappa shape index (κ2) is 7.27. The molecule has 1 saturated heterocycles. The van der Waals surface area contributed by atoms with Gasteiger partial charge >= 0.3 is 0 Å². The van der Waals surface area contributed by atoms with E-state index in [9.17, 15) is 13.2 Å². The van der Waals surface area contributed by atoms with Crippen LogP contribution in [-0.2, 0) is 10.0 Å². The minimum Gasteiger partial charge on any atom is -0.345 e. The van der Waals surface area contributed by atoms with Crippen molar-refractivity contribution < 1.29 is 13.2 Å². The smallest absolute Gasteiger partial charge is 0.257 e. The van der Waals surface area contributed by atoms with Crippen LogP contribution in [0.4, 0.5) is 5.69 Å². The highest BCUT2D eigenvalue weighted by Gasteiger charge is 2.33. The summed E-state index contributed by atoms with van der Waals surface area (Å²) in [6, 6.07) is 12.0. The van der Waals surface area contributed by atoms with Crippen LogP contribution in [0.2, 0.25) is 0 Å². The van der Waals surface area contributed by atoms with Crippen molar-refractivity contribution in [3.05, 3.63) is 54.4 Å². The number of hydrogen-bond donors (Lipinski definition) is 2. The van der Waals surface area contributed by atoms with Crippen LogP contribution >= 0.6 is 0 Å². The fourth-order valence-corrected chi connectivity index (χ4v) is 5.04. The molecule has 0 radical (unpaired) electrons. The number of anilines is 1. The Balaban J connectivity index is 1.70. The van der Waals surface area contributed by atoms with Gasteiger partial charge in [0.15, 0.2) is 0 Å². The molecule has 0 bridgehead atoms. The Labute approximate surface area is 170 Å². The molecular formula is C21H24N4O3S. The molecule has 2 N–H and O–H groups in total. The van der Waals surface area contributed by atoms with Crippen molar-refractivity contribution in [2.24, 2.45) is 5.41 Å². The lowest BCUT2D eigenvalue weighted by molar-refractivity contribution is 0.102. The van der Waals surface area contributed by atoms with Crippen LogP contribution < -0.4 is 5.32 Å². The molecule has 7 nitrogen and oxygen atoms in total. The summed E-state index contributed by atoms with van der Waals surface area (Å²) in [4.78, 5) is 20.1. The van der Waals surface area contributed by atoms with Gasteiger partial charge in [0.1, 0.15) is 5.52 Å². The van der Waals surface area contributed by atoms with E-state index in [1.807, 2.05) is 18.2 Å². The largest absolute Gasteiger partial charge is 0.345 e. The predicted octanol–water partition coefficient (Wildman–Crippen LogP) is 3.63. The Morgan fingerprint density at radius 2 is 1.83 bits per heavy atom. The topological polar surface area (TPSA) is 95.2 Å².